The van der Waals surface area contributed by atoms with E-state index < -0.39 is 15.8 Å². The number of nitrogens with one attached hydrogen (secondary N) is 1. The van der Waals surface area contributed by atoms with Gasteiger partial charge in [-0.3, -0.25) is 4.79 Å². The summed E-state index contributed by atoms with van der Waals surface area (Å²) in [5.41, 5.74) is 0.617. The second-order valence-electron chi connectivity index (χ2n) is 5.83. The average Bonchev–Trinajstić information content (AvgIpc) is 2.72. The summed E-state index contributed by atoms with van der Waals surface area (Å²) < 4.78 is 42.0. The summed E-state index contributed by atoms with van der Waals surface area (Å²) in [7, 11) is -3.10. The van der Waals surface area contributed by atoms with Crippen LogP contribution in [0.25, 0.3) is 0 Å². The first-order chi connectivity index (χ1) is 10.4. The minimum atomic E-state index is -3.10. The molecule has 3 rings (SSSR count). The van der Waals surface area contributed by atoms with E-state index in [-0.39, 0.29) is 29.3 Å². The lowest BCUT2D eigenvalue weighted by Crippen LogP contribution is -2.34. The molecule has 1 aromatic carbocycles. The molecule has 7 heteroatoms. The van der Waals surface area contributed by atoms with E-state index in [4.69, 9.17) is 4.74 Å². The molecule has 0 bridgehead atoms. The van der Waals surface area contributed by atoms with Gasteiger partial charge >= 0.3 is 0 Å². The van der Waals surface area contributed by atoms with Gasteiger partial charge in [0.25, 0.3) is 0 Å². The topological polar surface area (TPSA) is 72.5 Å². The zero-order chi connectivity index (χ0) is 15.7. The Balaban J connectivity index is 1.78. The third kappa shape index (κ3) is 3.24. The number of sulfone groups is 1. The molecule has 0 aromatic heterocycles. The quantitative estimate of drug-likeness (QED) is 0.895. The lowest BCUT2D eigenvalue weighted by Gasteiger charge is -2.20. The summed E-state index contributed by atoms with van der Waals surface area (Å²) in [6.07, 6.45) is 1.74. The molecule has 1 saturated heterocycles. The van der Waals surface area contributed by atoms with Crippen LogP contribution in [-0.4, -0.2) is 32.4 Å². The van der Waals surface area contributed by atoms with E-state index in [0.717, 1.165) is 6.42 Å². The summed E-state index contributed by atoms with van der Waals surface area (Å²) in [5, 5.41) is 2.87. The van der Waals surface area contributed by atoms with Gasteiger partial charge in [0.05, 0.1) is 30.1 Å². The molecule has 0 radical (unpaired) electrons. The fourth-order valence-corrected chi connectivity index (χ4v) is 4.73. The molecule has 1 fully saturated rings. The summed E-state index contributed by atoms with van der Waals surface area (Å²) >= 11 is 0. The van der Waals surface area contributed by atoms with Crippen LogP contribution < -0.4 is 10.1 Å². The molecule has 2 unspecified atom stereocenters. The first-order valence-corrected chi connectivity index (χ1v) is 9.20. The molecule has 0 aliphatic carbocycles. The zero-order valence-corrected chi connectivity index (χ0v) is 12.9. The van der Waals surface area contributed by atoms with Crippen molar-refractivity contribution in [3.05, 3.63) is 29.6 Å². The summed E-state index contributed by atoms with van der Waals surface area (Å²) in [4.78, 5) is 12.3. The highest BCUT2D eigenvalue weighted by molar-refractivity contribution is 7.91. The van der Waals surface area contributed by atoms with E-state index in [0.29, 0.717) is 30.8 Å². The van der Waals surface area contributed by atoms with Crippen LogP contribution in [0.3, 0.4) is 0 Å². The Kier molecular flexibility index (Phi) is 4.08. The number of benzene rings is 1. The van der Waals surface area contributed by atoms with Gasteiger partial charge in [-0.2, -0.15) is 0 Å². The Hall–Kier alpha value is -1.63. The van der Waals surface area contributed by atoms with Crippen molar-refractivity contribution in [1.82, 2.24) is 5.32 Å². The normalized spacial score (nSPS) is 26.6. The number of carbonyl (C=O) groups excluding carboxylic acids is 1. The molecule has 5 nitrogen and oxygen atoms in total. The van der Waals surface area contributed by atoms with Gasteiger partial charge in [0.15, 0.2) is 9.84 Å². The van der Waals surface area contributed by atoms with Crippen molar-refractivity contribution in [2.45, 2.75) is 25.3 Å². The number of hydrogen-bond acceptors (Lipinski definition) is 4. The van der Waals surface area contributed by atoms with Crippen LogP contribution in [0.5, 0.6) is 5.75 Å². The Morgan fingerprint density at radius 1 is 1.32 bits per heavy atom. The smallest absolute Gasteiger partial charge is 0.224 e. The van der Waals surface area contributed by atoms with E-state index in [2.05, 4.69) is 5.32 Å². The predicted molar refractivity (Wildman–Crippen MR) is 78.8 cm³/mol. The van der Waals surface area contributed by atoms with Gasteiger partial charge in [-0.25, -0.2) is 12.8 Å². The predicted octanol–water partition coefficient (Wildman–Crippen LogP) is 1.59. The highest BCUT2D eigenvalue weighted by Gasteiger charge is 2.34. The molecule has 120 valence electrons. The van der Waals surface area contributed by atoms with Crippen molar-refractivity contribution in [3.63, 3.8) is 0 Å². The summed E-state index contributed by atoms with van der Waals surface area (Å²) in [6, 6.07) is 3.92. The van der Waals surface area contributed by atoms with Crippen LogP contribution >= 0.6 is 0 Å². The average molecular weight is 327 g/mol. The molecule has 0 saturated carbocycles. The molecule has 1 N–H and O–H groups in total. The van der Waals surface area contributed by atoms with Crippen molar-refractivity contribution in [3.8, 4) is 5.75 Å². The third-order valence-electron chi connectivity index (χ3n) is 4.16. The van der Waals surface area contributed by atoms with Gasteiger partial charge in [0.2, 0.25) is 5.91 Å². The van der Waals surface area contributed by atoms with Crippen molar-refractivity contribution in [2.75, 3.05) is 18.1 Å². The van der Waals surface area contributed by atoms with Gasteiger partial charge in [-0.05, 0) is 37.5 Å². The number of halogens is 1. The third-order valence-corrected chi connectivity index (χ3v) is 5.93. The van der Waals surface area contributed by atoms with E-state index >= 15 is 0 Å². The second kappa shape index (κ2) is 5.87. The van der Waals surface area contributed by atoms with Gasteiger partial charge in [-0.1, -0.05) is 0 Å². The Labute approximate surface area is 128 Å². The Morgan fingerprint density at radius 3 is 2.86 bits per heavy atom. The largest absolute Gasteiger partial charge is 0.493 e. The molecule has 22 heavy (non-hydrogen) atoms. The standard InChI is InChI=1S/C15H18FNO4S/c16-11-3-4-14-12(8-11)13(2-1-6-21-14)17-15(18)10-5-7-22(19,20)9-10/h3-4,8,10,13H,1-2,5-7,9H2,(H,17,18). The maximum atomic E-state index is 13.5. The highest BCUT2D eigenvalue weighted by atomic mass is 32.2. The molecule has 2 atom stereocenters. The Bertz CT molecular complexity index is 689. The highest BCUT2D eigenvalue weighted by Crippen LogP contribution is 2.32. The minimum absolute atomic E-state index is 0.0596. The van der Waals surface area contributed by atoms with E-state index in [9.17, 15) is 17.6 Å². The number of hydrogen-bond donors (Lipinski definition) is 1. The molecular weight excluding hydrogens is 309 g/mol. The number of amides is 1. The lowest BCUT2D eigenvalue weighted by atomic mass is 10.00. The number of ether oxygens (including phenoxy) is 1. The minimum Gasteiger partial charge on any atom is -0.493 e. The van der Waals surface area contributed by atoms with Crippen LogP contribution in [0.1, 0.15) is 30.9 Å². The van der Waals surface area contributed by atoms with Crippen LogP contribution in [0, 0.1) is 11.7 Å². The van der Waals surface area contributed by atoms with Gasteiger partial charge < -0.3 is 10.1 Å². The molecular formula is C15H18FNO4S. The van der Waals surface area contributed by atoms with Crippen LogP contribution in [0.15, 0.2) is 18.2 Å². The van der Waals surface area contributed by atoms with Crippen LogP contribution in [0.2, 0.25) is 0 Å². The molecule has 1 amide bonds. The molecule has 2 aliphatic heterocycles. The first-order valence-electron chi connectivity index (χ1n) is 7.38. The molecule has 2 heterocycles. The van der Waals surface area contributed by atoms with E-state index in [1.54, 1.807) is 6.07 Å². The van der Waals surface area contributed by atoms with Gasteiger partial charge in [-0.15, -0.1) is 0 Å². The first kappa shape index (κ1) is 15.3. The molecule has 2 aliphatic rings. The summed E-state index contributed by atoms with van der Waals surface area (Å²) in [5.74, 6) is -0.633. The van der Waals surface area contributed by atoms with Crippen molar-refractivity contribution >= 4 is 15.7 Å². The van der Waals surface area contributed by atoms with Crippen molar-refractivity contribution in [1.29, 1.82) is 0 Å². The SMILES string of the molecule is O=C(NC1CCCOc2ccc(F)cc21)C1CCS(=O)(=O)C1. The maximum Gasteiger partial charge on any atom is 0.224 e. The number of rotatable bonds is 2. The fourth-order valence-electron chi connectivity index (χ4n) is 2.99. The second-order valence-corrected chi connectivity index (χ2v) is 8.06. The van der Waals surface area contributed by atoms with Gasteiger partial charge in [0.1, 0.15) is 11.6 Å². The molecule has 1 aromatic rings. The Morgan fingerprint density at radius 2 is 2.14 bits per heavy atom. The molecule has 0 spiro atoms. The maximum absolute atomic E-state index is 13.5. The fraction of sp³-hybridized carbons (Fsp3) is 0.533. The summed E-state index contributed by atoms with van der Waals surface area (Å²) in [6.45, 7) is 0.517. The van der Waals surface area contributed by atoms with Crippen LogP contribution in [-0.2, 0) is 14.6 Å². The lowest BCUT2D eigenvalue weighted by molar-refractivity contribution is -0.125. The van der Waals surface area contributed by atoms with Gasteiger partial charge in [0, 0.05) is 5.56 Å². The van der Waals surface area contributed by atoms with Crippen molar-refractivity contribution in [2.24, 2.45) is 5.92 Å². The van der Waals surface area contributed by atoms with E-state index in [1.807, 2.05) is 0 Å². The number of fused-ring (bicyclic) bond motifs is 1. The van der Waals surface area contributed by atoms with E-state index in [1.165, 1.54) is 12.1 Å². The monoisotopic (exact) mass is 327 g/mol. The van der Waals surface area contributed by atoms with Crippen molar-refractivity contribution < 1.29 is 22.3 Å². The number of carbonyl (C=O) groups is 1. The van der Waals surface area contributed by atoms with Crippen LogP contribution in [0.4, 0.5) is 4.39 Å². The zero-order valence-electron chi connectivity index (χ0n) is 12.0.